The smallest absolute Gasteiger partial charge is 0.252 e. The Kier molecular flexibility index (Phi) is 6.98. The van der Waals surface area contributed by atoms with E-state index in [0.29, 0.717) is 16.0 Å². The second kappa shape index (κ2) is 9.36. The van der Waals surface area contributed by atoms with Gasteiger partial charge in [-0.1, -0.05) is 17.7 Å². The predicted octanol–water partition coefficient (Wildman–Crippen LogP) is 4.16. The molecule has 4 nitrogen and oxygen atoms in total. The molecule has 5 aliphatic rings. The van der Waals surface area contributed by atoms with Crippen LogP contribution in [-0.2, 0) is 6.42 Å². The van der Waals surface area contributed by atoms with Gasteiger partial charge in [-0.05, 0) is 85.8 Å². The van der Waals surface area contributed by atoms with Crippen LogP contribution in [-0.4, -0.2) is 50.1 Å². The van der Waals surface area contributed by atoms with Crippen LogP contribution in [0, 0.1) is 23.2 Å². The minimum absolute atomic E-state index is 0. The van der Waals surface area contributed by atoms with Crippen LogP contribution >= 0.6 is 24.0 Å². The summed E-state index contributed by atoms with van der Waals surface area (Å²) in [5.41, 5.74) is 2.21. The second-order valence-corrected chi connectivity index (χ2v) is 10.7. The average molecular weight is 452 g/mol. The zero-order valence-electron chi connectivity index (χ0n) is 17.8. The Balaban J connectivity index is 0.00000218. The Morgan fingerprint density at radius 3 is 2.37 bits per heavy atom. The highest BCUT2D eigenvalue weighted by Gasteiger charge is 2.50. The third kappa shape index (κ3) is 4.82. The number of carbonyl (C=O) groups is 1. The first-order valence-electron chi connectivity index (χ1n) is 11.6. The highest BCUT2D eigenvalue weighted by Crippen LogP contribution is 2.59. The van der Waals surface area contributed by atoms with Crippen molar-refractivity contribution in [2.75, 3.05) is 39.3 Å². The molecular weight excluding hydrogens is 417 g/mol. The number of carbonyl (C=O) groups excluding carboxylic acids is 1. The van der Waals surface area contributed by atoms with Crippen LogP contribution < -0.4 is 10.6 Å². The molecule has 1 heterocycles. The maximum absolute atomic E-state index is 13.0. The van der Waals surface area contributed by atoms with E-state index in [1.54, 1.807) is 0 Å². The van der Waals surface area contributed by atoms with Gasteiger partial charge >= 0.3 is 0 Å². The molecule has 30 heavy (non-hydrogen) atoms. The third-order valence-corrected chi connectivity index (χ3v) is 8.32. The van der Waals surface area contributed by atoms with Crippen molar-refractivity contribution in [2.24, 2.45) is 23.2 Å². The van der Waals surface area contributed by atoms with Crippen molar-refractivity contribution >= 4 is 29.9 Å². The van der Waals surface area contributed by atoms with Crippen LogP contribution in [0.25, 0.3) is 0 Å². The highest BCUT2D eigenvalue weighted by atomic mass is 35.5. The first-order chi connectivity index (χ1) is 14.1. The number of hydrogen-bond donors (Lipinski definition) is 2. The molecule has 166 valence electrons. The van der Waals surface area contributed by atoms with E-state index in [2.05, 4.69) is 21.6 Å². The maximum Gasteiger partial charge on any atom is 0.252 e. The summed E-state index contributed by atoms with van der Waals surface area (Å²) < 4.78 is 0. The molecule has 1 aromatic carbocycles. The molecule has 0 atom stereocenters. The second-order valence-electron chi connectivity index (χ2n) is 10.3. The molecule has 1 aromatic rings. The minimum Gasteiger partial charge on any atom is -0.351 e. The fourth-order valence-corrected chi connectivity index (χ4v) is 7.20. The molecule has 6 rings (SSSR count). The van der Waals surface area contributed by atoms with E-state index >= 15 is 0 Å². The lowest BCUT2D eigenvalue weighted by Gasteiger charge is -2.56. The van der Waals surface area contributed by atoms with Crippen LogP contribution in [0.3, 0.4) is 0 Å². The van der Waals surface area contributed by atoms with Gasteiger partial charge in [0.1, 0.15) is 0 Å². The van der Waals surface area contributed by atoms with Gasteiger partial charge in [0.15, 0.2) is 0 Å². The molecule has 4 bridgehead atoms. The number of benzene rings is 1. The van der Waals surface area contributed by atoms with Gasteiger partial charge in [-0.15, -0.1) is 12.4 Å². The SMILES string of the molecule is Cl.O=C(NCC12CC3CC(CC(C3)C1)C2)c1cc(CCN2CCNCC2)ccc1Cl. The van der Waals surface area contributed by atoms with Crippen molar-refractivity contribution in [3.05, 3.63) is 34.3 Å². The molecule has 0 spiro atoms. The Hall–Kier alpha value is -0.810. The Bertz CT molecular complexity index is 728. The molecule has 0 aromatic heterocycles. The van der Waals surface area contributed by atoms with E-state index in [9.17, 15) is 4.79 Å². The first-order valence-corrected chi connectivity index (χ1v) is 12.0. The first kappa shape index (κ1) is 22.4. The summed E-state index contributed by atoms with van der Waals surface area (Å²) in [5.74, 6) is 2.75. The Morgan fingerprint density at radius 1 is 1.10 bits per heavy atom. The van der Waals surface area contributed by atoms with Crippen molar-refractivity contribution in [3.8, 4) is 0 Å². The number of nitrogens with one attached hydrogen (secondary N) is 2. The molecule has 0 radical (unpaired) electrons. The fraction of sp³-hybridized carbons (Fsp3) is 0.708. The van der Waals surface area contributed by atoms with Crippen molar-refractivity contribution in [1.29, 1.82) is 0 Å². The van der Waals surface area contributed by atoms with E-state index in [1.807, 2.05) is 12.1 Å². The predicted molar refractivity (Wildman–Crippen MR) is 125 cm³/mol. The number of hydrogen-bond acceptors (Lipinski definition) is 3. The van der Waals surface area contributed by atoms with E-state index in [4.69, 9.17) is 11.6 Å². The van der Waals surface area contributed by atoms with Gasteiger partial charge in [0, 0.05) is 39.3 Å². The summed E-state index contributed by atoms with van der Waals surface area (Å²) in [7, 11) is 0. The minimum atomic E-state index is 0. The summed E-state index contributed by atoms with van der Waals surface area (Å²) in [6.45, 7) is 6.21. The van der Waals surface area contributed by atoms with Crippen molar-refractivity contribution in [3.63, 3.8) is 0 Å². The Morgan fingerprint density at radius 2 is 1.73 bits per heavy atom. The topological polar surface area (TPSA) is 44.4 Å². The van der Waals surface area contributed by atoms with Gasteiger partial charge in [-0.25, -0.2) is 0 Å². The van der Waals surface area contributed by atoms with Crippen molar-refractivity contribution < 1.29 is 4.79 Å². The van der Waals surface area contributed by atoms with Crippen LogP contribution in [0.5, 0.6) is 0 Å². The molecule has 0 unspecified atom stereocenters. The lowest BCUT2D eigenvalue weighted by atomic mass is 9.49. The van der Waals surface area contributed by atoms with Crippen LogP contribution in [0.15, 0.2) is 18.2 Å². The normalized spacial score (nSPS) is 32.6. The largest absolute Gasteiger partial charge is 0.351 e. The average Bonchev–Trinajstić information content (AvgIpc) is 2.71. The number of nitrogens with zero attached hydrogens (tertiary/aromatic N) is 1. The van der Waals surface area contributed by atoms with Crippen molar-refractivity contribution in [1.82, 2.24) is 15.5 Å². The van der Waals surface area contributed by atoms with E-state index in [0.717, 1.165) is 63.4 Å². The van der Waals surface area contributed by atoms with Gasteiger partial charge in [-0.2, -0.15) is 0 Å². The van der Waals surface area contributed by atoms with Crippen LogP contribution in [0.1, 0.15) is 54.4 Å². The molecule has 2 N–H and O–H groups in total. The zero-order valence-corrected chi connectivity index (χ0v) is 19.4. The van der Waals surface area contributed by atoms with Gasteiger partial charge < -0.3 is 15.5 Å². The van der Waals surface area contributed by atoms with Crippen molar-refractivity contribution in [2.45, 2.75) is 44.9 Å². The molecule has 5 fully saturated rings. The lowest BCUT2D eigenvalue weighted by Crippen LogP contribution is -2.51. The van der Waals surface area contributed by atoms with Gasteiger partial charge in [0.25, 0.3) is 5.91 Å². The molecule has 6 heteroatoms. The molecule has 1 amide bonds. The lowest BCUT2D eigenvalue weighted by molar-refractivity contribution is -0.0503. The van der Waals surface area contributed by atoms with Gasteiger partial charge in [0.05, 0.1) is 10.6 Å². The van der Waals surface area contributed by atoms with E-state index in [-0.39, 0.29) is 18.3 Å². The summed E-state index contributed by atoms with van der Waals surface area (Å²) in [4.78, 5) is 15.5. The summed E-state index contributed by atoms with van der Waals surface area (Å²) >= 11 is 6.42. The van der Waals surface area contributed by atoms with Gasteiger partial charge in [-0.3, -0.25) is 4.79 Å². The standard InChI is InChI=1S/C24H34ClN3O.ClH/c25-22-2-1-17(3-6-28-7-4-26-5-8-28)12-21(22)23(29)27-16-24-13-18-9-19(14-24)11-20(10-18)15-24;/h1-2,12,18-20,26H,3-11,13-16H2,(H,27,29);1H. The number of rotatable bonds is 6. The molecule has 1 saturated heterocycles. The molecule has 1 aliphatic heterocycles. The quantitative estimate of drug-likeness (QED) is 0.682. The van der Waals surface area contributed by atoms with Gasteiger partial charge in [0.2, 0.25) is 0 Å². The van der Waals surface area contributed by atoms with Crippen LogP contribution in [0.2, 0.25) is 5.02 Å². The summed E-state index contributed by atoms with van der Waals surface area (Å²) in [5, 5.41) is 7.25. The summed E-state index contributed by atoms with van der Waals surface area (Å²) in [6.07, 6.45) is 9.23. The molecular formula is C24H35Cl2N3O. The monoisotopic (exact) mass is 451 g/mol. The number of amides is 1. The van der Waals surface area contributed by atoms with Crippen LogP contribution in [0.4, 0.5) is 0 Å². The zero-order chi connectivity index (χ0) is 19.8. The maximum atomic E-state index is 13.0. The fourth-order valence-electron chi connectivity index (χ4n) is 6.99. The molecule has 4 aliphatic carbocycles. The van der Waals surface area contributed by atoms with E-state index in [1.165, 1.54) is 44.1 Å². The summed E-state index contributed by atoms with van der Waals surface area (Å²) in [6, 6.07) is 5.98. The Labute approximate surface area is 191 Å². The highest BCUT2D eigenvalue weighted by molar-refractivity contribution is 6.33. The number of piperazine rings is 1. The number of halogens is 2. The van der Waals surface area contributed by atoms with E-state index < -0.39 is 0 Å². The molecule has 4 saturated carbocycles. The third-order valence-electron chi connectivity index (χ3n) is 7.99.